The van der Waals surface area contributed by atoms with Crippen LogP contribution in [0.1, 0.15) is 18.6 Å². The Kier molecular flexibility index (Phi) is 3.71. The van der Waals surface area contributed by atoms with Crippen molar-refractivity contribution in [3.8, 4) is 0 Å². The van der Waals surface area contributed by atoms with Gasteiger partial charge in [-0.2, -0.15) is 0 Å². The van der Waals surface area contributed by atoms with Crippen molar-refractivity contribution in [1.29, 1.82) is 0 Å². The molecule has 0 radical (unpaired) electrons. The number of aliphatic hydroxyl groups excluding tert-OH is 1. The number of aromatic nitrogens is 2. The summed E-state index contributed by atoms with van der Waals surface area (Å²) in [4.78, 5) is 8.73. The quantitative estimate of drug-likeness (QED) is 0.851. The van der Waals surface area contributed by atoms with E-state index in [1.54, 1.807) is 30.6 Å². The van der Waals surface area contributed by atoms with Gasteiger partial charge in [-0.3, -0.25) is 0 Å². The van der Waals surface area contributed by atoms with Gasteiger partial charge in [0.05, 0.1) is 6.10 Å². The number of halogens is 1. The zero-order chi connectivity index (χ0) is 12.3. The lowest BCUT2D eigenvalue weighted by molar-refractivity contribution is 0.191. The van der Waals surface area contributed by atoms with E-state index in [1.165, 1.54) is 24.8 Å². The standard InChI is InChI=1S/C12H11FN2OS/c1-8(16)11-9(13)4-2-5-10(11)17-12-14-6-3-7-15-12/h2-8,16H,1H3/t8-/m1/s1. The smallest absolute Gasteiger partial charge is 0.192 e. The maximum atomic E-state index is 13.6. The van der Waals surface area contributed by atoms with Crippen molar-refractivity contribution in [1.82, 2.24) is 9.97 Å². The van der Waals surface area contributed by atoms with Crippen molar-refractivity contribution in [3.63, 3.8) is 0 Å². The van der Waals surface area contributed by atoms with Gasteiger partial charge in [0.1, 0.15) is 5.82 Å². The number of hydrogen-bond donors (Lipinski definition) is 1. The zero-order valence-corrected chi connectivity index (χ0v) is 9.99. The van der Waals surface area contributed by atoms with Crippen LogP contribution in [0.3, 0.4) is 0 Å². The molecule has 1 N–H and O–H groups in total. The highest BCUT2D eigenvalue weighted by molar-refractivity contribution is 7.99. The van der Waals surface area contributed by atoms with Gasteiger partial charge in [0.25, 0.3) is 0 Å². The molecule has 2 rings (SSSR count). The highest BCUT2D eigenvalue weighted by Crippen LogP contribution is 2.32. The summed E-state index contributed by atoms with van der Waals surface area (Å²) in [6.45, 7) is 1.54. The van der Waals surface area contributed by atoms with Crippen molar-refractivity contribution in [2.45, 2.75) is 23.1 Å². The Morgan fingerprint density at radius 3 is 2.59 bits per heavy atom. The average molecular weight is 250 g/mol. The average Bonchev–Trinajstić information content (AvgIpc) is 2.30. The van der Waals surface area contributed by atoms with E-state index in [-0.39, 0.29) is 5.56 Å². The third-order valence-electron chi connectivity index (χ3n) is 2.17. The molecule has 2 aromatic rings. The summed E-state index contributed by atoms with van der Waals surface area (Å²) in [5.41, 5.74) is 0.282. The molecule has 0 saturated heterocycles. The molecule has 0 aliphatic rings. The topological polar surface area (TPSA) is 46.0 Å². The normalized spacial score (nSPS) is 12.4. The lowest BCUT2D eigenvalue weighted by Crippen LogP contribution is -1.98. The van der Waals surface area contributed by atoms with Crippen LogP contribution in [0.4, 0.5) is 4.39 Å². The Morgan fingerprint density at radius 1 is 1.24 bits per heavy atom. The fourth-order valence-electron chi connectivity index (χ4n) is 1.45. The van der Waals surface area contributed by atoms with Crippen LogP contribution in [0.2, 0.25) is 0 Å². The van der Waals surface area contributed by atoms with Gasteiger partial charge >= 0.3 is 0 Å². The monoisotopic (exact) mass is 250 g/mol. The second-order valence-electron chi connectivity index (χ2n) is 3.46. The summed E-state index contributed by atoms with van der Waals surface area (Å²) in [7, 11) is 0. The molecule has 0 fully saturated rings. The van der Waals surface area contributed by atoms with E-state index in [1.807, 2.05) is 0 Å². The first-order valence-corrected chi connectivity index (χ1v) is 5.91. The molecule has 0 aliphatic carbocycles. The summed E-state index contributed by atoms with van der Waals surface area (Å²) < 4.78 is 13.6. The Bertz CT molecular complexity index is 505. The van der Waals surface area contributed by atoms with Gasteiger partial charge < -0.3 is 5.11 Å². The first kappa shape index (κ1) is 12.0. The van der Waals surface area contributed by atoms with Gasteiger partial charge in [0.15, 0.2) is 5.16 Å². The second kappa shape index (κ2) is 5.25. The van der Waals surface area contributed by atoms with Gasteiger partial charge in [-0.25, -0.2) is 14.4 Å². The summed E-state index contributed by atoms with van der Waals surface area (Å²) in [6.07, 6.45) is 2.38. The molecular weight excluding hydrogens is 239 g/mol. The Balaban J connectivity index is 2.36. The number of rotatable bonds is 3. The number of benzene rings is 1. The van der Waals surface area contributed by atoms with Crippen LogP contribution in [-0.2, 0) is 0 Å². The van der Waals surface area contributed by atoms with Gasteiger partial charge in [-0.1, -0.05) is 6.07 Å². The van der Waals surface area contributed by atoms with Crippen LogP contribution in [0.25, 0.3) is 0 Å². The molecule has 0 spiro atoms. The van der Waals surface area contributed by atoms with Crippen molar-refractivity contribution in [3.05, 3.63) is 48.0 Å². The third kappa shape index (κ3) is 2.81. The van der Waals surface area contributed by atoms with E-state index >= 15 is 0 Å². The number of nitrogens with zero attached hydrogens (tertiary/aromatic N) is 2. The van der Waals surface area contributed by atoms with Crippen LogP contribution >= 0.6 is 11.8 Å². The minimum atomic E-state index is -0.859. The molecular formula is C12H11FN2OS. The zero-order valence-electron chi connectivity index (χ0n) is 9.17. The summed E-state index contributed by atoms with van der Waals surface area (Å²) in [5, 5.41) is 10.1. The molecule has 1 aromatic heterocycles. The maximum absolute atomic E-state index is 13.6. The van der Waals surface area contributed by atoms with Crippen LogP contribution in [0, 0.1) is 5.82 Å². The van der Waals surface area contributed by atoms with Crippen LogP contribution in [0.5, 0.6) is 0 Å². The predicted molar refractivity (Wildman–Crippen MR) is 63.2 cm³/mol. The van der Waals surface area contributed by atoms with Gasteiger partial charge in [-0.05, 0) is 36.9 Å². The highest BCUT2D eigenvalue weighted by atomic mass is 32.2. The molecule has 1 heterocycles. The lowest BCUT2D eigenvalue weighted by atomic mass is 10.1. The fourth-order valence-corrected chi connectivity index (χ4v) is 2.40. The van der Waals surface area contributed by atoms with Crippen molar-refractivity contribution >= 4 is 11.8 Å². The molecule has 0 aliphatic heterocycles. The number of aliphatic hydroxyl groups is 1. The minimum absolute atomic E-state index is 0.282. The Labute approximate surface area is 103 Å². The van der Waals surface area contributed by atoms with E-state index in [9.17, 15) is 9.50 Å². The molecule has 1 aromatic carbocycles. The van der Waals surface area contributed by atoms with Crippen LogP contribution in [0.15, 0.2) is 46.7 Å². The molecule has 1 atom stereocenters. The third-order valence-corrected chi connectivity index (χ3v) is 3.14. The van der Waals surface area contributed by atoms with E-state index in [2.05, 4.69) is 9.97 Å². The van der Waals surface area contributed by atoms with Crippen molar-refractivity contribution in [2.24, 2.45) is 0 Å². The van der Waals surface area contributed by atoms with Crippen LogP contribution in [-0.4, -0.2) is 15.1 Å². The number of hydrogen-bond acceptors (Lipinski definition) is 4. The summed E-state index contributed by atoms with van der Waals surface area (Å²) in [6, 6.07) is 6.39. The summed E-state index contributed by atoms with van der Waals surface area (Å²) in [5.74, 6) is -0.416. The molecule has 88 valence electrons. The Morgan fingerprint density at radius 2 is 1.94 bits per heavy atom. The molecule has 3 nitrogen and oxygen atoms in total. The SMILES string of the molecule is C[C@@H](O)c1c(F)cccc1Sc1ncccn1. The largest absolute Gasteiger partial charge is 0.389 e. The first-order chi connectivity index (χ1) is 8.18. The first-order valence-electron chi connectivity index (χ1n) is 5.10. The molecule has 0 saturated carbocycles. The van der Waals surface area contributed by atoms with E-state index in [0.29, 0.717) is 10.1 Å². The molecule has 5 heteroatoms. The van der Waals surface area contributed by atoms with Gasteiger partial charge in [-0.15, -0.1) is 0 Å². The van der Waals surface area contributed by atoms with E-state index in [0.717, 1.165) is 0 Å². The molecule has 17 heavy (non-hydrogen) atoms. The van der Waals surface area contributed by atoms with Crippen molar-refractivity contribution < 1.29 is 9.50 Å². The van der Waals surface area contributed by atoms with Crippen molar-refractivity contribution in [2.75, 3.05) is 0 Å². The van der Waals surface area contributed by atoms with Crippen LogP contribution < -0.4 is 0 Å². The minimum Gasteiger partial charge on any atom is -0.389 e. The maximum Gasteiger partial charge on any atom is 0.192 e. The summed E-state index contributed by atoms with van der Waals surface area (Å²) >= 11 is 1.23. The van der Waals surface area contributed by atoms with E-state index in [4.69, 9.17) is 0 Å². The second-order valence-corrected chi connectivity index (χ2v) is 4.47. The lowest BCUT2D eigenvalue weighted by Gasteiger charge is -2.11. The highest BCUT2D eigenvalue weighted by Gasteiger charge is 2.14. The Hall–Kier alpha value is -1.46. The molecule has 0 amide bonds. The van der Waals surface area contributed by atoms with Gasteiger partial charge in [0, 0.05) is 22.9 Å². The van der Waals surface area contributed by atoms with E-state index < -0.39 is 11.9 Å². The predicted octanol–water partition coefficient (Wildman–Crippen LogP) is 2.82. The molecule has 0 bridgehead atoms. The van der Waals surface area contributed by atoms with Gasteiger partial charge in [0.2, 0.25) is 0 Å². The molecule has 0 unspecified atom stereocenters. The fraction of sp³-hybridized carbons (Fsp3) is 0.167.